The predicted molar refractivity (Wildman–Crippen MR) is 110 cm³/mol. The Morgan fingerprint density at radius 2 is 1.76 bits per heavy atom. The fourth-order valence-electron chi connectivity index (χ4n) is 8.68. The van der Waals surface area contributed by atoms with Gasteiger partial charge in [0.2, 0.25) is 0 Å². The number of aliphatic hydroxyl groups excluding tert-OH is 3. The highest BCUT2D eigenvalue weighted by Gasteiger charge is 2.65. The van der Waals surface area contributed by atoms with Crippen LogP contribution >= 0.6 is 0 Å². The number of carbonyl (C=O) groups is 1. The molecule has 0 aliphatic heterocycles. The smallest absolute Gasteiger partial charge is 0.303 e. The molecule has 4 N–H and O–H groups in total. The molecule has 0 aromatic rings. The molecule has 4 aliphatic carbocycles. The second kappa shape index (κ2) is 7.49. The molecular formula is C24H40O5. The van der Waals surface area contributed by atoms with Crippen LogP contribution < -0.4 is 0 Å². The van der Waals surface area contributed by atoms with Crippen LogP contribution in [-0.4, -0.2) is 44.7 Å². The number of carboxylic acid groups (broad SMARTS) is 1. The Bertz CT molecular complexity index is 637. The summed E-state index contributed by atoms with van der Waals surface area (Å²) >= 11 is 0. The van der Waals surface area contributed by atoms with E-state index in [0.29, 0.717) is 30.1 Å². The standard InChI is InChI=1S/C24H40O5/c1-13(4-7-21(28)29)16-5-6-17-22-18(12-20(27)24(16,17)3)23(2)9-8-15(25)10-14(23)11-19(22)26/h13-20,22,25-27H,4-12H2,1-3H3,(H,28,29)/t13?,14?,15?,16-,17?,18?,19-,20+,22?,23+,24-/m1/s1. The SMILES string of the molecule is CC(CCC(=O)O)[C@H]1CCC2C3C(C[C@H](O)[C@@]21C)[C@@]1(C)CCC(O)CC1C[C@H]3O. The van der Waals surface area contributed by atoms with E-state index in [1.165, 1.54) is 0 Å². The zero-order chi connectivity index (χ0) is 21.1. The van der Waals surface area contributed by atoms with Crippen molar-refractivity contribution in [3.8, 4) is 0 Å². The first-order valence-electron chi connectivity index (χ1n) is 11.8. The molecule has 0 amide bonds. The molecule has 11 atom stereocenters. The van der Waals surface area contributed by atoms with Crippen LogP contribution in [0.25, 0.3) is 0 Å². The van der Waals surface area contributed by atoms with Gasteiger partial charge in [0, 0.05) is 6.42 Å². The molecule has 4 aliphatic rings. The first-order valence-corrected chi connectivity index (χ1v) is 11.8. The Kier molecular flexibility index (Phi) is 5.57. The predicted octanol–water partition coefficient (Wildman–Crippen LogP) is 3.45. The van der Waals surface area contributed by atoms with Crippen LogP contribution in [0, 0.1) is 46.3 Å². The highest BCUT2D eigenvalue weighted by molar-refractivity contribution is 5.66. The van der Waals surface area contributed by atoms with Crippen molar-refractivity contribution in [3.05, 3.63) is 0 Å². The second-order valence-corrected chi connectivity index (χ2v) is 11.4. The fourth-order valence-corrected chi connectivity index (χ4v) is 8.68. The Labute approximate surface area is 174 Å². The molecule has 0 aromatic heterocycles. The maximum atomic E-state index is 11.5. The van der Waals surface area contributed by atoms with Crippen molar-refractivity contribution in [1.82, 2.24) is 0 Å². The van der Waals surface area contributed by atoms with Crippen LogP contribution in [0.3, 0.4) is 0 Å². The van der Waals surface area contributed by atoms with Gasteiger partial charge >= 0.3 is 5.97 Å². The third kappa shape index (κ3) is 3.27. The molecule has 0 bridgehead atoms. The maximum absolute atomic E-state index is 11.5. The first kappa shape index (κ1) is 21.6. The summed E-state index contributed by atoms with van der Waals surface area (Å²) in [7, 11) is 0. The third-order valence-electron chi connectivity index (χ3n) is 10.3. The van der Waals surface area contributed by atoms with Crippen LogP contribution in [0.4, 0.5) is 0 Å². The van der Waals surface area contributed by atoms with E-state index in [-0.39, 0.29) is 41.3 Å². The molecular weight excluding hydrogens is 368 g/mol. The molecule has 0 aromatic carbocycles. The van der Waals surface area contributed by atoms with Gasteiger partial charge in [0.05, 0.1) is 18.3 Å². The van der Waals surface area contributed by atoms with Gasteiger partial charge in [0.1, 0.15) is 0 Å². The lowest BCUT2D eigenvalue weighted by atomic mass is 9.43. The van der Waals surface area contributed by atoms with Gasteiger partial charge in [-0.25, -0.2) is 0 Å². The normalized spacial score (nSPS) is 52.9. The van der Waals surface area contributed by atoms with Crippen molar-refractivity contribution in [3.63, 3.8) is 0 Å². The van der Waals surface area contributed by atoms with Crippen molar-refractivity contribution in [2.75, 3.05) is 0 Å². The van der Waals surface area contributed by atoms with E-state index in [2.05, 4.69) is 20.8 Å². The van der Waals surface area contributed by atoms with Gasteiger partial charge in [-0.05, 0) is 97.7 Å². The van der Waals surface area contributed by atoms with Gasteiger partial charge in [-0.3, -0.25) is 4.79 Å². The number of rotatable bonds is 4. The number of aliphatic hydroxyl groups is 3. The second-order valence-electron chi connectivity index (χ2n) is 11.4. The van der Waals surface area contributed by atoms with Crippen LogP contribution in [-0.2, 0) is 4.79 Å². The Balaban J connectivity index is 1.61. The zero-order valence-corrected chi connectivity index (χ0v) is 18.3. The average molecular weight is 409 g/mol. The lowest BCUT2D eigenvalue weighted by Crippen LogP contribution is -2.62. The molecule has 166 valence electrons. The molecule has 4 fully saturated rings. The van der Waals surface area contributed by atoms with Crippen molar-refractivity contribution in [1.29, 1.82) is 0 Å². The Morgan fingerprint density at radius 1 is 1.03 bits per heavy atom. The van der Waals surface area contributed by atoms with E-state index in [1.807, 2.05) is 0 Å². The van der Waals surface area contributed by atoms with Crippen molar-refractivity contribution in [2.45, 2.75) is 96.9 Å². The highest BCUT2D eigenvalue weighted by Crippen LogP contribution is 2.68. The van der Waals surface area contributed by atoms with E-state index in [1.54, 1.807) is 0 Å². The lowest BCUT2D eigenvalue weighted by molar-refractivity contribution is -0.207. The van der Waals surface area contributed by atoms with Crippen molar-refractivity contribution < 1.29 is 25.2 Å². The van der Waals surface area contributed by atoms with Crippen LogP contribution in [0.1, 0.15) is 78.6 Å². The summed E-state index contributed by atoms with van der Waals surface area (Å²) in [6.45, 7) is 6.72. The minimum Gasteiger partial charge on any atom is -0.481 e. The van der Waals surface area contributed by atoms with Crippen LogP contribution in [0.15, 0.2) is 0 Å². The zero-order valence-electron chi connectivity index (χ0n) is 18.3. The van der Waals surface area contributed by atoms with Gasteiger partial charge in [-0.2, -0.15) is 0 Å². The van der Waals surface area contributed by atoms with E-state index < -0.39 is 12.1 Å². The first-order chi connectivity index (χ1) is 13.6. The van der Waals surface area contributed by atoms with Gasteiger partial charge in [0.15, 0.2) is 0 Å². The summed E-state index contributed by atoms with van der Waals surface area (Å²) in [5.41, 5.74) is -0.143. The van der Waals surface area contributed by atoms with Gasteiger partial charge < -0.3 is 20.4 Å². The maximum Gasteiger partial charge on any atom is 0.303 e. The summed E-state index contributed by atoms with van der Waals surface area (Å²) < 4.78 is 0. The number of aliphatic carboxylic acids is 1. The molecule has 5 heteroatoms. The molecule has 0 saturated heterocycles. The monoisotopic (exact) mass is 408 g/mol. The molecule has 4 rings (SSSR count). The quantitative estimate of drug-likeness (QED) is 0.571. The topological polar surface area (TPSA) is 98.0 Å². The minimum absolute atomic E-state index is 0.0957. The Hall–Kier alpha value is -0.650. The highest BCUT2D eigenvalue weighted by atomic mass is 16.4. The summed E-state index contributed by atoms with van der Waals surface area (Å²) in [5, 5.41) is 42.0. The molecule has 0 heterocycles. The number of fused-ring (bicyclic) bond motifs is 5. The summed E-state index contributed by atoms with van der Waals surface area (Å²) in [6.07, 6.45) is 6.00. The summed E-state index contributed by atoms with van der Waals surface area (Å²) in [5.74, 6) is 0.997. The summed E-state index contributed by atoms with van der Waals surface area (Å²) in [4.78, 5) is 11.1. The molecule has 5 nitrogen and oxygen atoms in total. The van der Waals surface area contributed by atoms with Crippen LogP contribution in [0.5, 0.6) is 0 Å². The van der Waals surface area contributed by atoms with E-state index in [9.17, 15) is 20.1 Å². The summed E-state index contributed by atoms with van der Waals surface area (Å²) in [6, 6.07) is 0. The Morgan fingerprint density at radius 3 is 2.45 bits per heavy atom. The number of hydrogen-bond acceptors (Lipinski definition) is 4. The third-order valence-corrected chi connectivity index (χ3v) is 10.3. The van der Waals surface area contributed by atoms with E-state index in [4.69, 9.17) is 5.11 Å². The number of carboxylic acids is 1. The molecule has 29 heavy (non-hydrogen) atoms. The van der Waals surface area contributed by atoms with E-state index >= 15 is 0 Å². The average Bonchev–Trinajstić information content (AvgIpc) is 3.01. The molecule has 6 unspecified atom stereocenters. The van der Waals surface area contributed by atoms with Crippen LogP contribution in [0.2, 0.25) is 0 Å². The lowest BCUT2D eigenvalue weighted by Gasteiger charge is -2.63. The molecule has 0 radical (unpaired) electrons. The van der Waals surface area contributed by atoms with Gasteiger partial charge in [-0.1, -0.05) is 20.8 Å². The van der Waals surface area contributed by atoms with Gasteiger partial charge in [-0.15, -0.1) is 0 Å². The largest absolute Gasteiger partial charge is 0.481 e. The minimum atomic E-state index is -0.748. The van der Waals surface area contributed by atoms with Crippen molar-refractivity contribution in [2.24, 2.45) is 46.3 Å². The van der Waals surface area contributed by atoms with Gasteiger partial charge in [0.25, 0.3) is 0 Å². The fraction of sp³-hybridized carbons (Fsp3) is 0.958. The number of hydrogen-bond donors (Lipinski definition) is 4. The molecule has 0 spiro atoms. The molecule has 4 saturated carbocycles. The van der Waals surface area contributed by atoms with E-state index in [0.717, 1.165) is 44.9 Å². The van der Waals surface area contributed by atoms with Crippen molar-refractivity contribution >= 4 is 5.97 Å².